The third kappa shape index (κ3) is 1.71. The Morgan fingerprint density at radius 2 is 2.47 bits per heavy atom. The molecule has 3 rings (SSSR count). The number of hydrogen-bond donors (Lipinski definition) is 1. The summed E-state index contributed by atoms with van der Waals surface area (Å²) in [5.74, 6) is 0. The molecule has 1 fully saturated rings. The number of nitrogens with two attached hydrogens (primary N) is 1. The summed E-state index contributed by atoms with van der Waals surface area (Å²) in [5, 5.41) is 0. The fraction of sp³-hybridized carbons (Fsp3) is 0.500. The molecule has 3 heterocycles. The fourth-order valence-electron chi connectivity index (χ4n) is 2.39. The van der Waals surface area contributed by atoms with Crippen molar-refractivity contribution in [1.82, 2.24) is 14.5 Å². The van der Waals surface area contributed by atoms with Crippen LogP contribution in [0, 0.1) is 0 Å². The maximum absolute atomic E-state index is 5.73. The predicted octanol–water partition coefficient (Wildman–Crippen LogP) is 1.28. The lowest BCUT2D eigenvalue weighted by molar-refractivity contribution is 0.109. The minimum atomic E-state index is 0.0967. The van der Waals surface area contributed by atoms with Crippen LogP contribution in [0.4, 0.5) is 0 Å². The topological polar surface area (TPSA) is 66.0 Å². The van der Waals surface area contributed by atoms with Gasteiger partial charge in [-0.25, -0.2) is 4.98 Å². The number of fused-ring (bicyclic) bond motifs is 1. The van der Waals surface area contributed by atoms with E-state index in [1.807, 2.05) is 24.0 Å². The van der Waals surface area contributed by atoms with Gasteiger partial charge in [0.15, 0.2) is 0 Å². The summed E-state index contributed by atoms with van der Waals surface area (Å²) in [6, 6.07) is 1.95. The van der Waals surface area contributed by atoms with Gasteiger partial charge in [0, 0.05) is 20.2 Å². The maximum atomic E-state index is 5.73. The van der Waals surface area contributed by atoms with Gasteiger partial charge in [-0.05, 0) is 18.9 Å². The molecule has 0 spiro atoms. The van der Waals surface area contributed by atoms with Gasteiger partial charge in [0.2, 0.25) is 0 Å². The maximum Gasteiger partial charge on any atom is 0.102 e. The van der Waals surface area contributed by atoms with Crippen LogP contribution in [-0.2, 0) is 18.3 Å². The van der Waals surface area contributed by atoms with Crippen molar-refractivity contribution >= 4 is 11.0 Å². The molecule has 0 aliphatic carbocycles. The Morgan fingerprint density at radius 3 is 3.18 bits per heavy atom. The Hall–Kier alpha value is -1.46. The van der Waals surface area contributed by atoms with E-state index in [0.717, 1.165) is 41.9 Å². The second-order valence-electron chi connectivity index (χ2n) is 4.43. The molecule has 2 aromatic rings. The molecule has 5 nitrogen and oxygen atoms in total. The van der Waals surface area contributed by atoms with Crippen LogP contribution < -0.4 is 5.73 Å². The molecule has 0 saturated carbocycles. The van der Waals surface area contributed by atoms with Gasteiger partial charge >= 0.3 is 0 Å². The number of nitrogens with zero attached hydrogens (tertiary/aromatic N) is 3. The van der Waals surface area contributed by atoms with Gasteiger partial charge in [-0.2, -0.15) is 0 Å². The Balaban J connectivity index is 2.21. The van der Waals surface area contributed by atoms with Crippen molar-refractivity contribution in [3.05, 3.63) is 23.8 Å². The van der Waals surface area contributed by atoms with Crippen molar-refractivity contribution in [3.63, 3.8) is 0 Å². The van der Waals surface area contributed by atoms with Gasteiger partial charge in [0.1, 0.15) is 6.10 Å². The van der Waals surface area contributed by atoms with Gasteiger partial charge in [-0.15, -0.1) is 0 Å². The molecular weight excluding hydrogens is 216 g/mol. The molecule has 1 aliphatic heterocycles. The van der Waals surface area contributed by atoms with Crippen LogP contribution in [0.1, 0.15) is 30.3 Å². The number of aromatic nitrogens is 3. The standard InChI is InChI=1S/C12H16N4O/c1-16-7-14-9-5-8(6-13)15-11(12(9)16)10-3-2-4-17-10/h5,7,10H,2-4,6,13H2,1H3. The SMILES string of the molecule is Cn1cnc2cc(CN)nc(C3CCCO3)c21. The van der Waals surface area contributed by atoms with E-state index in [1.165, 1.54) is 0 Å². The molecule has 1 aliphatic rings. The molecule has 0 aromatic carbocycles. The molecule has 2 N–H and O–H groups in total. The van der Waals surface area contributed by atoms with E-state index in [2.05, 4.69) is 9.97 Å². The smallest absolute Gasteiger partial charge is 0.102 e. The van der Waals surface area contributed by atoms with Crippen LogP contribution in [0.25, 0.3) is 11.0 Å². The van der Waals surface area contributed by atoms with Gasteiger partial charge in [0.05, 0.1) is 28.7 Å². The first-order valence-corrected chi connectivity index (χ1v) is 5.92. The Morgan fingerprint density at radius 1 is 1.59 bits per heavy atom. The van der Waals surface area contributed by atoms with E-state index < -0.39 is 0 Å². The normalized spacial score (nSPS) is 20.2. The lowest BCUT2D eigenvalue weighted by Crippen LogP contribution is -2.07. The van der Waals surface area contributed by atoms with Crippen molar-refractivity contribution < 1.29 is 4.74 Å². The molecular formula is C12H16N4O. The number of hydrogen-bond acceptors (Lipinski definition) is 4. The molecule has 1 unspecified atom stereocenters. The van der Waals surface area contributed by atoms with Crippen LogP contribution in [0.2, 0.25) is 0 Å². The number of imidazole rings is 1. The first-order valence-electron chi connectivity index (χ1n) is 5.92. The molecule has 1 saturated heterocycles. The first-order chi connectivity index (χ1) is 8.29. The van der Waals surface area contributed by atoms with E-state index in [0.29, 0.717) is 6.54 Å². The average Bonchev–Trinajstić information content (AvgIpc) is 2.98. The van der Waals surface area contributed by atoms with Crippen LogP contribution >= 0.6 is 0 Å². The number of pyridine rings is 1. The highest BCUT2D eigenvalue weighted by molar-refractivity contribution is 5.78. The molecule has 0 bridgehead atoms. The summed E-state index contributed by atoms with van der Waals surface area (Å²) >= 11 is 0. The minimum Gasteiger partial charge on any atom is -0.372 e. The van der Waals surface area contributed by atoms with Crippen molar-refractivity contribution in [2.24, 2.45) is 12.8 Å². The van der Waals surface area contributed by atoms with Crippen LogP contribution in [0.5, 0.6) is 0 Å². The van der Waals surface area contributed by atoms with Gasteiger partial charge in [-0.1, -0.05) is 0 Å². The summed E-state index contributed by atoms with van der Waals surface area (Å²) in [6.07, 6.45) is 4.03. The molecule has 17 heavy (non-hydrogen) atoms. The zero-order chi connectivity index (χ0) is 11.8. The van der Waals surface area contributed by atoms with E-state index in [1.54, 1.807) is 0 Å². The largest absolute Gasteiger partial charge is 0.372 e. The average molecular weight is 232 g/mol. The lowest BCUT2D eigenvalue weighted by atomic mass is 10.1. The Labute approximate surface area is 99.6 Å². The number of rotatable bonds is 2. The fourth-order valence-corrected chi connectivity index (χ4v) is 2.39. The van der Waals surface area contributed by atoms with Crippen molar-refractivity contribution in [1.29, 1.82) is 0 Å². The highest BCUT2D eigenvalue weighted by Gasteiger charge is 2.23. The Kier molecular flexibility index (Phi) is 2.57. The summed E-state index contributed by atoms with van der Waals surface area (Å²) < 4.78 is 7.73. The highest BCUT2D eigenvalue weighted by atomic mass is 16.5. The van der Waals surface area contributed by atoms with Gasteiger partial charge < -0.3 is 15.0 Å². The molecule has 0 radical (unpaired) electrons. The second kappa shape index (κ2) is 4.09. The molecule has 2 aromatic heterocycles. The first kappa shape index (κ1) is 10.7. The zero-order valence-electron chi connectivity index (χ0n) is 9.89. The van der Waals surface area contributed by atoms with Crippen LogP contribution in [0.15, 0.2) is 12.4 Å². The van der Waals surface area contributed by atoms with Crippen molar-refractivity contribution in [2.75, 3.05) is 6.61 Å². The zero-order valence-corrected chi connectivity index (χ0v) is 9.89. The van der Waals surface area contributed by atoms with Gasteiger partial charge in [0.25, 0.3) is 0 Å². The van der Waals surface area contributed by atoms with Crippen molar-refractivity contribution in [2.45, 2.75) is 25.5 Å². The third-order valence-corrected chi connectivity index (χ3v) is 3.22. The van der Waals surface area contributed by atoms with Gasteiger partial charge in [-0.3, -0.25) is 4.98 Å². The minimum absolute atomic E-state index is 0.0967. The van der Waals surface area contributed by atoms with Crippen molar-refractivity contribution in [3.8, 4) is 0 Å². The molecule has 0 amide bonds. The summed E-state index contributed by atoms with van der Waals surface area (Å²) in [6.45, 7) is 1.25. The van der Waals surface area contributed by atoms with Crippen LogP contribution in [0.3, 0.4) is 0 Å². The quantitative estimate of drug-likeness (QED) is 0.847. The van der Waals surface area contributed by atoms with Crippen LogP contribution in [-0.4, -0.2) is 21.1 Å². The molecule has 5 heteroatoms. The van der Waals surface area contributed by atoms with E-state index in [4.69, 9.17) is 10.5 Å². The molecule has 90 valence electrons. The summed E-state index contributed by atoms with van der Waals surface area (Å²) in [5.41, 5.74) is 9.56. The Bertz CT molecular complexity index is 543. The summed E-state index contributed by atoms with van der Waals surface area (Å²) in [7, 11) is 1.98. The summed E-state index contributed by atoms with van der Waals surface area (Å²) in [4.78, 5) is 8.99. The second-order valence-corrected chi connectivity index (χ2v) is 4.43. The monoisotopic (exact) mass is 232 g/mol. The lowest BCUT2D eigenvalue weighted by Gasteiger charge is -2.12. The highest BCUT2D eigenvalue weighted by Crippen LogP contribution is 2.31. The van der Waals surface area contributed by atoms with E-state index in [-0.39, 0.29) is 6.10 Å². The predicted molar refractivity (Wildman–Crippen MR) is 64.3 cm³/mol. The third-order valence-electron chi connectivity index (χ3n) is 3.22. The van der Waals surface area contributed by atoms with E-state index >= 15 is 0 Å². The van der Waals surface area contributed by atoms with E-state index in [9.17, 15) is 0 Å². The number of aryl methyl sites for hydroxylation is 1. The number of ether oxygens (including phenoxy) is 1. The molecule has 1 atom stereocenters.